The fourth-order valence-corrected chi connectivity index (χ4v) is 4.00. The Kier molecular flexibility index (Phi) is 1.80. The van der Waals surface area contributed by atoms with Crippen LogP contribution in [0.4, 0.5) is 0 Å². The summed E-state index contributed by atoms with van der Waals surface area (Å²) in [6.45, 7) is 0. The van der Waals surface area contributed by atoms with Gasteiger partial charge in [-0.05, 0) is 37.5 Å². The number of Topliss-reactive ketones (excluding diaryl/α,β-unsaturated/α-hetero) is 2. The normalized spacial score (nSPS) is 46.6. The summed E-state index contributed by atoms with van der Waals surface area (Å²) in [5.74, 6) is 2.78. The molecule has 0 radical (unpaired) electrons. The average Bonchev–Trinajstić information content (AvgIpc) is 2.72. The van der Waals surface area contributed by atoms with E-state index in [-0.39, 0.29) is 0 Å². The summed E-state index contributed by atoms with van der Waals surface area (Å²) in [6.07, 6.45) is 5.70. The third kappa shape index (κ3) is 1.03. The number of carbonyl (C=O) groups is 2. The topological polar surface area (TPSA) is 34.1 Å². The second-order valence-corrected chi connectivity index (χ2v) is 5.13. The molecule has 0 aromatic rings. The van der Waals surface area contributed by atoms with Crippen molar-refractivity contribution in [1.82, 2.24) is 0 Å². The Labute approximate surface area is 84.1 Å². The molecule has 76 valence electrons. The van der Waals surface area contributed by atoms with Gasteiger partial charge < -0.3 is 0 Å². The van der Waals surface area contributed by atoms with Gasteiger partial charge in [-0.15, -0.1) is 0 Å². The first-order valence-corrected chi connectivity index (χ1v) is 5.83. The van der Waals surface area contributed by atoms with Crippen molar-refractivity contribution < 1.29 is 9.59 Å². The van der Waals surface area contributed by atoms with Crippen molar-refractivity contribution in [3.05, 3.63) is 0 Å². The summed E-state index contributed by atoms with van der Waals surface area (Å²) in [5, 5.41) is 0. The smallest absolute Gasteiger partial charge is 0.136 e. The average molecular weight is 192 g/mol. The van der Waals surface area contributed by atoms with Crippen molar-refractivity contribution >= 4 is 11.6 Å². The lowest BCUT2D eigenvalue weighted by atomic mass is 9.69. The number of ketones is 2. The Balaban J connectivity index is 1.87. The quantitative estimate of drug-likeness (QED) is 0.588. The second kappa shape index (κ2) is 2.91. The molecule has 0 spiro atoms. The van der Waals surface area contributed by atoms with Gasteiger partial charge in [0.15, 0.2) is 0 Å². The third-order valence-corrected chi connectivity index (χ3v) is 4.65. The lowest BCUT2D eigenvalue weighted by Crippen LogP contribution is -2.32. The van der Waals surface area contributed by atoms with Gasteiger partial charge in [-0.1, -0.05) is 0 Å². The Morgan fingerprint density at radius 3 is 1.57 bits per heavy atom. The molecule has 4 atom stereocenters. The van der Waals surface area contributed by atoms with Crippen LogP contribution in [0.3, 0.4) is 0 Å². The zero-order chi connectivity index (χ0) is 9.71. The van der Waals surface area contributed by atoms with Crippen molar-refractivity contribution in [1.29, 1.82) is 0 Å². The maximum atomic E-state index is 11.6. The first kappa shape index (κ1) is 8.63. The molecule has 0 aromatic carbocycles. The lowest BCUT2D eigenvalue weighted by Gasteiger charge is -2.34. The van der Waals surface area contributed by atoms with E-state index in [0.717, 1.165) is 38.5 Å². The van der Waals surface area contributed by atoms with E-state index < -0.39 is 0 Å². The van der Waals surface area contributed by atoms with Crippen molar-refractivity contribution in [3.63, 3.8) is 0 Å². The SMILES string of the molecule is O=C1CC[C@H]2[C@@H]3CCC(=O)[C@@H]3CC[C@H]12. The van der Waals surface area contributed by atoms with Gasteiger partial charge in [-0.2, -0.15) is 0 Å². The molecular formula is C12H16O2. The molecule has 14 heavy (non-hydrogen) atoms. The number of fused-ring (bicyclic) bond motifs is 3. The van der Waals surface area contributed by atoms with Crippen LogP contribution in [0.25, 0.3) is 0 Å². The first-order valence-electron chi connectivity index (χ1n) is 5.83. The molecule has 3 rings (SSSR count). The van der Waals surface area contributed by atoms with Crippen LogP contribution in [0.1, 0.15) is 38.5 Å². The Hall–Kier alpha value is -0.660. The summed E-state index contributed by atoms with van der Waals surface area (Å²) >= 11 is 0. The fraction of sp³-hybridized carbons (Fsp3) is 0.833. The Morgan fingerprint density at radius 1 is 0.714 bits per heavy atom. The Morgan fingerprint density at radius 2 is 1.14 bits per heavy atom. The van der Waals surface area contributed by atoms with Gasteiger partial charge in [0.25, 0.3) is 0 Å². The van der Waals surface area contributed by atoms with Gasteiger partial charge in [0.1, 0.15) is 11.6 Å². The van der Waals surface area contributed by atoms with E-state index in [1.54, 1.807) is 0 Å². The van der Waals surface area contributed by atoms with Gasteiger partial charge in [0.05, 0.1) is 0 Å². The Bertz CT molecular complexity index is 265. The van der Waals surface area contributed by atoms with Crippen LogP contribution < -0.4 is 0 Å². The molecule has 0 unspecified atom stereocenters. The van der Waals surface area contributed by atoms with E-state index in [9.17, 15) is 9.59 Å². The standard InChI is InChI=1S/C12H16O2/c13-11-5-3-7-8-4-6-12(14)10(8)2-1-9(7)11/h7-10H,1-6H2/t7-,8-,9-,10+/m0/s1. The number of rotatable bonds is 0. The van der Waals surface area contributed by atoms with Crippen molar-refractivity contribution in [2.24, 2.45) is 23.7 Å². The summed E-state index contributed by atoms with van der Waals surface area (Å²) in [5.41, 5.74) is 0. The van der Waals surface area contributed by atoms with Crippen molar-refractivity contribution in [2.75, 3.05) is 0 Å². The third-order valence-electron chi connectivity index (χ3n) is 4.65. The molecule has 0 heterocycles. The molecule has 2 nitrogen and oxygen atoms in total. The van der Waals surface area contributed by atoms with Crippen LogP contribution in [0.15, 0.2) is 0 Å². The number of carbonyl (C=O) groups excluding carboxylic acids is 2. The van der Waals surface area contributed by atoms with E-state index >= 15 is 0 Å². The minimum atomic E-state index is 0.335. The van der Waals surface area contributed by atoms with Crippen molar-refractivity contribution in [3.8, 4) is 0 Å². The van der Waals surface area contributed by atoms with Gasteiger partial charge in [-0.25, -0.2) is 0 Å². The van der Waals surface area contributed by atoms with Gasteiger partial charge in [0.2, 0.25) is 0 Å². The highest BCUT2D eigenvalue weighted by molar-refractivity contribution is 5.86. The molecule has 3 aliphatic rings. The minimum Gasteiger partial charge on any atom is -0.299 e. The molecule has 0 bridgehead atoms. The predicted octanol–water partition coefficient (Wildman–Crippen LogP) is 1.97. The largest absolute Gasteiger partial charge is 0.299 e. The predicted molar refractivity (Wildman–Crippen MR) is 51.7 cm³/mol. The molecule has 3 saturated carbocycles. The highest BCUT2D eigenvalue weighted by Gasteiger charge is 2.49. The van der Waals surface area contributed by atoms with Gasteiger partial charge in [0, 0.05) is 24.7 Å². The molecule has 3 aliphatic carbocycles. The van der Waals surface area contributed by atoms with E-state index in [1.807, 2.05) is 0 Å². The van der Waals surface area contributed by atoms with E-state index in [2.05, 4.69) is 0 Å². The van der Waals surface area contributed by atoms with Gasteiger partial charge >= 0.3 is 0 Å². The van der Waals surface area contributed by atoms with Crippen LogP contribution in [-0.2, 0) is 9.59 Å². The second-order valence-electron chi connectivity index (χ2n) is 5.13. The van der Waals surface area contributed by atoms with Crippen LogP contribution in [-0.4, -0.2) is 11.6 Å². The van der Waals surface area contributed by atoms with Gasteiger partial charge in [-0.3, -0.25) is 9.59 Å². The fourth-order valence-electron chi connectivity index (χ4n) is 4.00. The molecule has 2 heteroatoms. The zero-order valence-electron chi connectivity index (χ0n) is 8.37. The highest BCUT2D eigenvalue weighted by Crippen LogP contribution is 2.51. The summed E-state index contributed by atoms with van der Waals surface area (Å²) in [4.78, 5) is 23.2. The minimum absolute atomic E-state index is 0.335. The van der Waals surface area contributed by atoms with Crippen LogP contribution in [0.2, 0.25) is 0 Å². The summed E-state index contributed by atoms with van der Waals surface area (Å²) in [7, 11) is 0. The molecule has 0 aliphatic heterocycles. The monoisotopic (exact) mass is 192 g/mol. The molecule has 3 fully saturated rings. The van der Waals surface area contributed by atoms with Crippen LogP contribution in [0.5, 0.6) is 0 Å². The lowest BCUT2D eigenvalue weighted by molar-refractivity contribution is -0.126. The highest BCUT2D eigenvalue weighted by atomic mass is 16.1. The maximum absolute atomic E-state index is 11.6. The molecule has 0 amide bonds. The van der Waals surface area contributed by atoms with Crippen LogP contribution in [0, 0.1) is 23.7 Å². The molecule has 0 aromatic heterocycles. The summed E-state index contributed by atoms with van der Waals surface area (Å²) < 4.78 is 0. The summed E-state index contributed by atoms with van der Waals surface area (Å²) in [6, 6.07) is 0. The molecule has 0 N–H and O–H groups in total. The molecule has 0 saturated heterocycles. The first-order chi connectivity index (χ1) is 6.77. The maximum Gasteiger partial charge on any atom is 0.136 e. The number of hydrogen-bond acceptors (Lipinski definition) is 2. The van der Waals surface area contributed by atoms with Crippen LogP contribution >= 0.6 is 0 Å². The zero-order valence-corrected chi connectivity index (χ0v) is 8.37. The molecular weight excluding hydrogens is 176 g/mol. The van der Waals surface area contributed by atoms with Crippen molar-refractivity contribution in [2.45, 2.75) is 38.5 Å². The number of hydrogen-bond donors (Lipinski definition) is 0. The van der Waals surface area contributed by atoms with E-state index in [4.69, 9.17) is 0 Å². The van der Waals surface area contributed by atoms with E-state index in [1.165, 1.54) is 0 Å². The van der Waals surface area contributed by atoms with E-state index in [0.29, 0.717) is 35.2 Å².